The van der Waals surface area contributed by atoms with E-state index in [9.17, 15) is 0 Å². The summed E-state index contributed by atoms with van der Waals surface area (Å²) in [7, 11) is 1.74. The summed E-state index contributed by atoms with van der Waals surface area (Å²) in [5, 5.41) is 7.24. The van der Waals surface area contributed by atoms with Crippen LogP contribution in [0.4, 0.5) is 0 Å². The Labute approximate surface area is 171 Å². The van der Waals surface area contributed by atoms with Crippen LogP contribution < -0.4 is 15.4 Å². The third kappa shape index (κ3) is 7.48. The number of halogens is 2. The van der Waals surface area contributed by atoms with E-state index in [1.807, 2.05) is 50.2 Å². The van der Waals surface area contributed by atoms with Crippen molar-refractivity contribution in [2.75, 3.05) is 7.05 Å². The van der Waals surface area contributed by atoms with E-state index >= 15 is 0 Å². The van der Waals surface area contributed by atoms with E-state index < -0.39 is 0 Å². The molecule has 0 atom stereocenters. The summed E-state index contributed by atoms with van der Waals surface area (Å²) in [6, 6.07) is 11.6. The molecule has 0 unspecified atom stereocenters. The molecule has 2 rings (SSSR count). The third-order valence-corrected chi connectivity index (χ3v) is 3.61. The molecule has 0 aliphatic carbocycles. The van der Waals surface area contributed by atoms with Crippen molar-refractivity contribution in [3.63, 3.8) is 0 Å². The van der Waals surface area contributed by atoms with Gasteiger partial charge < -0.3 is 15.4 Å². The van der Waals surface area contributed by atoms with E-state index in [0.717, 1.165) is 16.1 Å². The quantitative estimate of drug-likeness (QED) is 0.377. The van der Waals surface area contributed by atoms with Crippen LogP contribution >= 0.6 is 35.6 Å². The molecule has 0 bridgehead atoms. The van der Waals surface area contributed by atoms with Crippen LogP contribution in [0, 0.1) is 0 Å². The van der Waals surface area contributed by atoms with Crippen molar-refractivity contribution in [3.8, 4) is 5.88 Å². The van der Waals surface area contributed by atoms with E-state index in [0.29, 0.717) is 24.9 Å². The number of hydrogen-bond donors (Lipinski definition) is 2. The van der Waals surface area contributed by atoms with Gasteiger partial charge in [0.25, 0.3) is 0 Å². The number of benzene rings is 1. The molecule has 136 valence electrons. The van der Waals surface area contributed by atoms with Crippen LogP contribution in [-0.2, 0) is 13.1 Å². The van der Waals surface area contributed by atoms with Crippen LogP contribution in [0.1, 0.15) is 25.0 Å². The molecular weight excluding hydrogens is 451 g/mol. The molecular formula is C18H24ClIN4O. The number of rotatable bonds is 6. The van der Waals surface area contributed by atoms with Gasteiger partial charge in [-0.25, -0.2) is 4.98 Å². The fourth-order valence-corrected chi connectivity index (χ4v) is 2.26. The van der Waals surface area contributed by atoms with Gasteiger partial charge in [0.2, 0.25) is 5.88 Å². The van der Waals surface area contributed by atoms with Gasteiger partial charge in [-0.05, 0) is 31.0 Å². The number of nitrogens with zero attached hydrogens (tertiary/aromatic N) is 2. The summed E-state index contributed by atoms with van der Waals surface area (Å²) in [6.45, 7) is 5.19. The lowest BCUT2D eigenvalue weighted by molar-refractivity contribution is 0.232. The molecule has 7 heteroatoms. The Kier molecular flexibility index (Phi) is 9.59. The summed E-state index contributed by atoms with van der Waals surface area (Å²) in [4.78, 5) is 8.50. The van der Waals surface area contributed by atoms with Crippen LogP contribution in [0.5, 0.6) is 5.88 Å². The molecule has 1 aromatic carbocycles. The number of aromatic nitrogens is 1. The van der Waals surface area contributed by atoms with Gasteiger partial charge >= 0.3 is 0 Å². The Morgan fingerprint density at radius 3 is 2.48 bits per heavy atom. The van der Waals surface area contributed by atoms with Gasteiger partial charge in [-0.3, -0.25) is 4.99 Å². The second kappa shape index (κ2) is 11.1. The molecule has 1 aromatic heterocycles. The molecule has 2 N–H and O–H groups in total. The maximum atomic E-state index is 6.15. The third-order valence-electron chi connectivity index (χ3n) is 3.24. The number of aliphatic imine (C=N–C) groups is 1. The fourth-order valence-electron chi connectivity index (χ4n) is 2.05. The predicted octanol–water partition coefficient (Wildman–Crippen LogP) is 4.01. The largest absolute Gasteiger partial charge is 0.475 e. The highest BCUT2D eigenvalue weighted by Crippen LogP contribution is 2.14. The molecule has 25 heavy (non-hydrogen) atoms. The lowest BCUT2D eigenvalue weighted by atomic mass is 10.2. The van der Waals surface area contributed by atoms with Crippen molar-refractivity contribution in [2.45, 2.75) is 33.0 Å². The first kappa shape index (κ1) is 21.5. The maximum absolute atomic E-state index is 6.15. The first-order valence-corrected chi connectivity index (χ1v) is 8.26. The Morgan fingerprint density at radius 2 is 1.88 bits per heavy atom. The van der Waals surface area contributed by atoms with Gasteiger partial charge in [0, 0.05) is 37.4 Å². The molecule has 0 aliphatic heterocycles. The Hall–Kier alpha value is -1.54. The van der Waals surface area contributed by atoms with E-state index in [1.54, 1.807) is 13.2 Å². The highest BCUT2D eigenvalue weighted by molar-refractivity contribution is 14.0. The highest BCUT2D eigenvalue weighted by atomic mass is 127. The molecule has 0 amide bonds. The predicted molar refractivity (Wildman–Crippen MR) is 114 cm³/mol. The lowest BCUT2D eigenvalue weighted by Gasteiger charge is -2.13. The zero-order chi connectivity index (χ0) is 17.4. The molecule has 2 aromatic rings. The maximum Gasteiger partial charge on any atom is 0.213 e. The molecule has 0 spiro atoms. The van der Waals surface area contributed by atoms with Gasteiger partial charge in [0.05, 0.1) is 6.10 Å². The fraction of sp³-hybridized carbons (Fsp3) is 0.333. The Bertz CT molecular complexity index is 677. The van der Waals surface area contributed by atoms with Crippen LogP contribution in [0.3, 0.4) is 0 Å². The summed E-state index contributed by atoms with van der Waals surface area (Å²) in [5.74, 6) is 1.34. The monoisotopic (exact) mass is 474 g/mol. The first-order chi connectivity index (χ1) is 11.6. The molecule has 0 fully saturated rings. The minimum absolute atomic E-state index is 0. The van der Waals surface area contributed by atoms with Crippen LogP contribution in [0.2, 0.25) is 5.02 Å². The van der Waals surface area contributed by atoms with Gasteiger partial charge in [0.15, 0.2) is 5.96 Å². The number of ether oxygens (including phenoxy) is 1. The van der Waals surface area contributed by atoms with Crippen molar-refractivity contribution in [3.05, 3.63) is 58.7 Å². The van der Waals surface area contributed by atoms with Crippen LogP contribution in [0.15, 0.2) is 47.6 Å². The van der Waals surface area contributed by atoms with E-state index in [2.05, 4.69) is 20.6 Å². The van der Waals surface area contributed by atoms with Crippen LogP contribution in [-0.4, -0.2) is 24.1 Å². The standard InChI is InChI=1S/C18H23ClN4O.HI/c1-13(2)24-17-9-8-14(10-21-17)11-22-18(20-3)23-12-15-6-4-5-7-16(15)19;/h4-10,13H,11-12H2,1-3H3,(H2,20,22,23);1H. The second-order valence-corrected chi connectivity index (χ2v) is 5.95. The number of hydrogen-bond acceptors (Lipinski definition) is 3. The summed E-state index contributed by atoms with van der Waals surface area (Å²) >= 11 is 6.15. The normalized spacial score (nSPS) is 11.0. The summed E-state index contributed by atoms with van der Waals surface area (Å²) in [6.07, 6.45) is 1.92. The van der Waals surface area contributed by atoms with Gasteiger partial charge in [-0.15, -0.1) is 24.0 Å². The van der Waals surface area contributed by atoms with Crippen molar-refractivity contribution in [1.82, 2.24) is 15.6 Å². The lowest BCUT2D eigenvalue weighted by Crippen LogP contribution is -2.36. The van der Waals surface area contributed by atoms with Crippen LogP contribution in [0.25, 0.3) is 0 Å². The zero-order valence-electron chi connectivity index (χ0n) is 14.6. The zero-order valence-corrected chi connectivity index (χ0v) is 17.7. The smallest absolute Gasteiger partial charge is 0.213 e. The molecule has 0 radical (unpaired) electrons. The van der Waals surface area contributed by atoms with Crippen molar-refractivity contribution < 1.29 is 4.74 Å². The minimum atomic E-state index is 0. The molecule has 0 saturated heterocycles. The first-order valence-electron chi connectivity index (χ1n) is 7.88. The molecule has 5 nitrogen and oxygen atoms in total. The van der Waals surface area contributed by atoms with Gasteiger partial charge in [-0.2, -0.15) is 0 Å². The Morgan fingerprint density at radius 1 is 1.16 bits per heavy atom. The minimum Gasteiger partial charge on any atom is -0.475 e. The average Bonchev–Trinajstić information content (AvgIpc) is 2.57. The topological polar surface area (TPSA) is 58.5 Å². The number of nitrogens with one attached hydrogen (secondary N) is 2. The van der Waals surface area contributed by atoms with Crippen molar-refractivity contribution in [1.29, 1.82) is 0 Å². The van der Waals surface area contributed by atoms with E-state index in [-0.39, 0.29) is 30.1 Å². The highest BCUT2D eigenvalue weighted by Gasteiger charge is 2.03. The Balaban J connectivity index is 0.00000312. The number of guanidine groups is 1. The molecule has 1 heterocycles. The average molecular weight is 475 g/mol. The summed E-state index contributed by atoms with van der Waals surface area (Å²) < 4.78 is 5.53. The van der Waals surface area contributed by atoms with Gasteiger partial charge in [0.1, 0.15) is 0 Å². The van der Waals surface area contributed by atoms with E-state index in [1.165, 1.54) is 0 Å². The summed E-state index contributed by atoms with van der Waals surface area (Å²) in [5.41, 5.74) is 2.07. The van der Waals surface area contributed by atoms with Gasteiger partial charge in [-0.1, -0.05) is 35.9 Å². The van der Waals surface area contributed by atoms with E-state index in [4.69, 9.17) is 16.3 Å². The van der Waals surface area contributed by atoms with Crippen molar-refractivity contribution >= 4 is 41.5 Å². The number of pyridine rings is 1. The SMILES string of the molecule is CN=C(NCc1ccc(OC(C)C)nc1)NCc1ccccc1Cl.I. The molecule has 0 aliphatic rings. The van der Waals surface area contributed by atoms with Crippen molar-refractivity contribution in [2.24, 2.45) is 4.99 Å². The molecule has 0 saturated carbocycles. The second-order valence-electron chi connectivity index (χ2n) is 5.54.